The number of hydrogen-bond donors (Lipinski definition) is 2. The fourth-order valence-electron chi connectivity index (χ4n) is 3.19. The fraction of sp³-hybridized carbons (Fsp3) is 0.0400. The van der Waals surface area contributed by atoms with Crippen molar-refractivity contribution in [2.75, 3.05) is 5.43 Å². The Bertz CT molecular complexity index is 1550. The smallest absolute Gasteiger partial charge is 0.270 e. The zero-order valence-corrected chi connectivity index (χ0v) is 18.9. The summed E-state index contributed by atoms with van der Waals surface area (Å²) >= 11 is 0. The predicted molar refractivity (Wildman–Crippen MR) is 129 cm³/mol. The van der Waals surface area contributed by atoms with E-state index in [1.54, 1.807) is 60.7 Å². The Morgan fingerprint density at radius 1 is 0.971 bits per heavy atom. The van der Waals surface area contributed by atoms with Crippen LogP contribution in [0.4, 0.5) is 5.95 Å². The Hall–Kier alpha value is -4.55. The molecule has 8 nitrogen and oxygen atoms in total. The van der Waals surface area contributed by atoms with Gasteiger partial charge in [0.1, 0.15) is 11.6 Å². The average molecular weight is 470 g/mol. The first kappa shape index (κ1) is 22.6. The lowest BCUT2D eigenvalue weighted by atomic mass is 10.1. The maximum atomic E-state index is 12.8. The van der Waals surface area contributed by atoms with E-state index in [1.165, 1.54) is 18.3 Å². The standard InChI is InChI=1S/C25H19N5O3S/c1-17-7-11-20(12-8-17)34(32,33)21-13-9-18(10-14-21)16-27-30-25-28-23(19-5-3-2-4-6-19)22(15-26)24(31)29-25/h2-14,16H,1H3,(H2,28,29,30,31). The molecule has 0 aliphatic carbocycles. The van der Waals surface area contributed by atoms with E-state index in [9.17, 15) is 18.5 Å². The summed E-state index contributed by atoms with van der Waals surface area (Å²) in [5, 5.41) is 13.4. The van der Waals surface area contributed by atoms with E-state index in [4.69, 9.17) is 0 Å². The Kier molecular flexibility index (Phi) is 6.34. The van der Waals surface area contributed by atoms with Crippen molar-refractivity contribution >= 4 is 22.0 Å². The molecule has 4 rings (SSSR count). The largest absolute Gasteiger partial charge is 0.290 e. The number of aromatic nitrogens is 2. The number of rotatable bonds is 6. The fourth-order valence-corrected chi connectivity index (χ4v) is 4.45. The lowest BCUT2D eigenvalue weighted by molar-refractivity contribution is 0.596. The van der Waals surface area contributed by atoms with Crippen LogP contribution in [0.25, 0.3) is 11.3 Å². The first-order valence-electron chi connectivity index (χ1n) is 10.2. The summed E-state index contributed by atoms with van der Waals surface area (Å²) in [6.45, 7) is 1.89. The Labute approximate surface area is 196 Å². The van der Waals surface area contributed by atoms with Crippen LogP contribution in [-0.4, -0.2) is 24.6 Å². The average Bonchev–Trinajstić information content (AvgIpc) is 2.85. The van der Waals surface area contributed by atoms with E-state index in [0.29, 0.717) is 11.1 Å². The summed E-state index contributed by atoms with van der Waals surface area (Å²) in [5.74, 6) is 0.0673. The number of hydrogen-bond acceptors (Lipinski definition) is 7. The normalized spacial score (nSPS) is 11.3. The molecular formula is C25H19N5O3S. The molecular weight excluding hydrogens is 450 g/mol. The van der Waals surface area contributed by atoms with Gasteiger partial charge in [0.2, 0.25) is 15.8 Å². The number of benzene rings is 3. The molecule has 0 saturated heterocycles. The third-order valence-electron chi connectivity index (χ3n) is 4.98. The van der Waals surface area contributed by atoms with Crippen molar-refractivity contribution < 1.29 is 8.42 Å². The minimum absolute atomic E-state index is 0.0673. The first-order valence-corrected chi connectivity index (χ1v) is 11.7. The molecule has 3 aromatic carbocycles. The van der Waals surface area contributed by atoms with Crippen LogP contribution in [0.1, 0.15) is 16.7 Å². The van der Waals surface area contributed by atoms with Gasteiger partial charge in [-0.3, -0.25) is 9.78 Å². The molecule has 9 heteroatoms. The highest BCUT2D eigenvalue weighted by atomic mass is 32.2. The van der Waals surface area contributed by atoms with Crippen LogP contribution < -0.4 is 11.0 Å². The highest BCUT2D eigenvalue weighted by molar-refractivity contribution is 7.91. The summed E-state index contributed by atoms with van der Waals surface area (Å²) in [4.78, 5) is 19.5. The van der Waals surface area contributed by atoms with Gasteiger partial charge in [-0.1, -0.05) is 60.2 Å². The number of H-pyrrole nitrogens is 1. The third kappa shape index (κ3) is 4.77. The van der Waals surface area contributed by atoms with Crippen molar-refractivity contribution in [3.8, 4) is 17.3 Å². The van der Waals surface area contributed by atoms with E-state index >= 15 is 0 Å². The third-order valence-corrected chi connectivity index (χ3v) is 6.77. The van der Waals surface area contributed by atoms with Crippen LogP contribution in [-0.2, 0) is 9.84 Å². The molecule has 0 amide bonds. The number of nitrogens with zero attached hydrogens (tertiary/aromatic N) is 3. The summed E-state index contributed by atoms with van der Waals surface area (Å²) in [7, 11) is -3.61. The van der Waals surface area contributed by atoms with Crippen molar-refractivity contribution in [1.29, 1.82) is 5.26 Å². The van der Waals surface area contributed by atoms with Crippen LogP contribution in [0, 0.1) is 18.3 Å². The van der Waals surface area contributed by atoms with E-state index in [2.05, 4.69) is 20.5 Å². The van der Waals surface area contributed by atoms with Gasteiger partial charge in [0.05, 0.1) is 21.7 Å². The number of aromatic amines is 1. The lowest BCUT2D eigenvalue weighted by Crippen LogP contribution is -2.16. The Morgan fingerprint density at radius 2 is 1.59 bits per heavy atom. The van der Waals surface area contributed by atoms with E-state index in [0.717, 1.165) is 5.56 Å². The summed E-state index contributed by atoms with van der Waals surface area (Å²) in [5.41, 5.74) is 4.46. The number of aryl methyl sites for hydroxylation is 1. The molecule has 168 valence electrons. The number of sulfone groups is 1. The van der Waals surface area contributed by atoms with Crippen LogP contribution in [0.15, 0.2) is 98.5 Å². The van der Waals surface area contributed by atoms with E-state index in [1.807, 2.05) is 19.1 Å². The maximum absolute atomic E-state index is 12.8. The molecule has 2 N–H and O–H groups in total. The molecule has 0 aliphatic heterocycles. The summed E-state index contributed by atoms with van der Waals surface area (Å²) < 4.78 is 25.6. The quantitative estimate of drug-likeness (QED) is 0.326. The van der Waals surface area contributed by atoms with Gasteiger partial charge in [-0.2, -0.15) is 10.4 Å². The van der Waals surface area contributed by atoms with Crippen molar-refractivity contribution in [3.05, 3.63) is 106 Å². The Morgan fingerprint density at radius 3 is 2.21 bits per heavy atom. The molecule has 0 saturated carbocycles. The summed E-state index contributed by atoms with van der Waals surface area (Å²) in [6, 6.07) is 23.7. The van der Waals surface area contributed by atoms with Crippen molar-refractivity contribution in [2.45, 2.75) is 16.7 Å². The highest BCUT2D eigenvalue weighted by Crippen LogP contribution is 2.22. The van der Waals surface area contributed by atoms with Gasteiger partial charge in [-0.05, 0) is 36.8 Å². The number of hydrazone groups is 1. The maximum Gasteiger partial charge on any atom is 0.270 e. The minimum atomic E-state index is -3.61. The van der Waals surface area contributed by atoms with E-state index in [-0.39, 0.29) is 27.0 Å². The van der Waals surface area contributed by atoms with Crippen molar-refractivity contribution in [3.63, 3.8) is 0 Å². The van der Waals surface area contributed by atoms with Gasteiger partial charge in [0, 0.05) is 5.56 Å². The van der Waals surface area contributed by atoms with Gasteiger partial charge in [-0.25, -0.2) is 18.8 Å². The lowest BCUT2D eigenvalue weighted by Gasteiger charge is -2.06. The minimum Gasteiger partial charge on any atom is -0.290 e. The molecule has 0 fully saturated rings. The zero-order valence-electron chi connectivity index (χ0n) is 18.1. The van der Waals surface area contributed by atoms with Crippen molar-refractivity contribution in [2.24, 2.45) is 5.10 Å². The SMILES string of the molecule is Cc1ccc(S(=O)(=O)c2ccc(C=NNc3nc(-c4ccccc4)c(C#N)c(=O)[nH]3)cc2)cc1. The van der Waals surface area contributed by atoms with Gasteiger partial charge in [-0.15, -0.1) is 0 Å². The molecule has 1 aromatic heterocycles. The number of anilines is 1. The molecule has 0 atom stereocenters. The predicted octanol–water partition coefficient (Wildman–Crippen LogP) is 3.90. The molecule has 0 spiro atoms. The van der Waals surface area contributed by atoms with Gasteiger partial charge in [0.25, 0.3) is 5.56 Å². The molecule has 0 radical (unpaired) electrons. The highest BCUT2D eigenvalue weighted by Gasteiger charge is 2.17. The first-order chi connectivity index (χ1) is 16.4. The topological polar surface area (TPSA) is 128 Å². The summed E-state index contributed by atoms with van der Waals surface area (Å²) in [6.07, 6.45) is 1.46. The van der Waals surface area contributed by atoms with Crippen LogP contribution in [0.5, 0.6) is 0 Å². The van der Waals surface area contributed by atoms with Gasteiger partial charge in [0.15, 0.2) is 0 Å². The Balaban J connectivity index is 1.53. The molecule has 0 bridgehead atoms. The monoisotopic (exact) mass is 469 g/mol. The second-order valence-corrected chi connectivity index (χ2v) is 9.32. The number of nitrogens with one attached hydrogen (secondary N) is 2. The molecule has 0 unspecified atom stereocenters. The van der Waals surface area contributed by atoms with Gasteiger partial charge < -0.3 is 0 Å². The van der Waals surface area contributed by atoms with E-state index < -0.39 is 15.4 Å². The molecule has 1 heterocycles. The molecule has 34 heavy (non-hydrogen) atoms. The van der Waals surface area contributed by atoms with Crippen LogP contribution >= 0.6 is 0 Å². The van der Waals surface area contributed by atoms with Crippen LogP contribution in [0.2, 0.25) is 0 Å². The second-order valence-electron chi connectivity index (χ2n) is 7.37. The van der Waals surface area contributed by atoms with Crippen LogP contribution in [0.3, 0.4) is 0 Å². The van der Waals surface area contributed by atoms with Crippen molar-refractivity contribution in [1.82, 2.24) is 9.97 Å². The van der Waals surface area contributed by atoms with Gasteiger partial charge >= 0.3 is 0 Å². The zero-order chi connectivity index (χ0) is 24.1. The molecule has 0 aliphatic rings. The molecule has 4 aromatic rings. The number of nitriles is 1. The second kappa shape index (κ2) is 9.52.